The van der Waals surface area contributed by atoms with Crippen LogP contribution in [0.2, 0.25) is 0 Å². The van der Waals surface area contributed by atoms with Crippen molar-refractivity contribution in [3.05, 3.63) is 81.9 Å². The molecule has 3 aromatic carbocycles. The molecule has 0 aliphatic heterocycles. The van der Waals surface area contributed by atoms with Crippen molar-refractivity contribution in [2.45, 2.75) is 6.92 Å². The molecule has 0 bridgehead atoms. The van der Waals surface area contributed by atoms with E-state index in [1.807, 2.05) is 0 Å². The van der Waals surface area contributed by atoms with Gasteiger partial charge < -0.3 is 4.42 Å². The van der Waals surface area contributed by atoms with E-state index in [1.54, 1.807) is 0 Å². The fourth-order valence-corrected chi connectivity index (χ4v) is 3.67. The molecule has 0 aliphatic carbocycles. The van der Waals surface area contributed by atoms with Crippen LogP contribution in [-0.4, -0.2) is 0 Å². The minimum Gasteiger partial charge on any atom is -0.456 e. The van der Waals surface area contributed by atoms with Crippen molar-refractivity contribution < 1.29 is 4.42 Å². The summed E-state index contributed by atoms with van der Waals surface area (Å²) in [5.41, 5.74) is 3.51. The molecular weight excluding hydrogens is 395 g/mol. The number of benzene rings is 3. The average Bonchev–Trinajstić information content (AvgIpc) is 3.05. The van der Waals surface area contributed by atoms with Crippen LogP contribution in [0.5, 0.6) is 0 Å². The van der Waals surface area contributed by atoms with Gasteiger partial charge in [0.1, 0.15) is 11.5 Å². The molecule has 0 aliphatic rings. The Morgan fingerprint density at radius 1 is 0.739 bits per heavy atom. The van der Waals surface area contributed by atoms with E-state index in [1.165, 1.54) is 19.9 Å². The summed E-state index contributed by atoms with van der Waals surface area (Å²) in [6.07, 6.45) is 0. The first-order valence-electron chi connectivity index (χ1n) is 7.57. The van der Waals surface area contributed by atoms with Crippen LogP contribution in [0, 0.1) is 10.5 Å². The van der Waals surface area contributed by atoms with Crippen molar-refractivity contribution in [3.8, 4) is 22.6 Å². The van der Waals surface area contributed by atoms with E-state index in [2.05, 4.69) is 102 Å². The topological polar surface area (TPSA) is 13.1 Å². The molecular formula is C21H15IO. The second kappa shape index (κ2) is 5.85. The molecule has 23 heavy (non-hydrogen) atoms. The molecule has 0 atom stereocenters. The van der Waals surface area contributed by atoms with Crippen molar-refractivity contribution in [2.75, 3.05) is 0 Å². The minimum absolute atomic E-state index is 0.906. The summed E-state index contributed by atoms with van der Waals surface area (Å²) in [7, 11) is 0. The minimum atomic E-state index is 0.906. The Hall–Kier alpha value is -2.07. The Morgan fingerprint density at radius 3 is 2.22 bits per heavy atom. The third-order valence-corrected chi connectivity index (χ3v) is 4.96. The van der Waals surface area contributed by atoms with Gasteiger partial charge in [-0.05, 0) is 53.1 Å². The summed E-state index contributed by atoms with van der Waals surface area (Å²) < 4.78 is 7.40. The van der Waals surface area contributed by atoms with E-state index in [9.17, 15) is 0 Å². The summed E-state index contributed by atoms with van der Waals surface area (Å²) in [6.45, 7) is 2.09. The van der Waals surface area contributed by atoms with E-state index in [-0.39, 0.29) is 0 Å². The molecule has 0 N–H and O–H groups in total. The standard InChI is InChI=1S/C21H15IO/c1-14-8-10-15(11-9-14)19-12-13-20(23-19)17-6-2-4-16-5-3-7-18(22)21(16)17/h2-13H,1H3. The summed E-state index contributed by atoms with van der Waals surface area (Å²) in [5, 5.41) is 2.49. The molecule has 0 fully saturated rings. The maximum atomic E-state index is 6.16. The number of aryl methyl sites for hydroxylation is 1. The van der Waals surface area contributed by atoms with Crippen molar-refractivity contribution >= 4 is 33.4 Å². The smallest absolute Gasteiger partial charge is 0.135 e. The van der Waals surface area contributed by atoms with Gasteiger partial charge in [0.25, 0.3) is 0 Å². The molecule has 4 rings (SSSR count). The molecule has 2 heteroatoms. The zero-order valence-electron chi connectivity index (χ0n) is 12.7. The molecule has 112 valence electrons. The van der Waals surface area contributed by atoms with E-state index >= 15 is 0 Å². The third-order valence-electron chi connectivity index (χ3n) is 4.06. The van der Waals surface area contributed by atoms with Crippen LogP contribution in [0.1, 0.15) is 5.56 Å². The molecule has 0 amide bonds. The van der Waals surface area contributed by atoms with Gasteiger partial charge in [0, 0.05) is 20.1 Å². The first-order chi connectivity index (χ1) is 11.2. The van der Waals surface area contributed by atoms with Crippen LogP contribution in [0.3, 0.4) is 0 Å². The van der Waals surface area contributed by atoms with E-state index in [0.717, 1.165) is 22.6 Å². The third kappa shape index (κ3) is 2.68. The highest BCUT2D eigenvalue weighted by atomic mass is 127. The lowest BCUT2D eigenvalue weighted by atomic mass is 10.0. The van der Waals surface area contributed by atoms with Gasteiger partial charge in [0.15, 0.2) is 0 Å². The first kappa shape index (κ1) is 14.5. The van der Waals surface area contributed by atoms with E-state index in [4.69, 9.17) is 4.42 Å². The van der Waals surface area contributed by atoms with Crippen LogP contribution >= 0.6 is 22.6 Å². The molecule has 0 spiro atoms. The summed E-state index contributed by atoms with van der Waals surface area (Å²) in [5.74, 6) is 1.82. The number of hydrogen-bond donors (Lipinski definition) is 0. The Balaban J connectivity index is 1.85. The lowest BCUT2D eigenvalue weighted by molar-refractivity contribution is 0.598. The molecule has 4 aromatic rings. The highest BCUT2D eigenvalue weighted by Crippen LogP contribution is 2.35. The fourth-order valence-electron chi connectivity index (χ4n) is 2.86. The van der Waals surface area contributed by atoms with Gasteiger partial charge in [-0.25, -0.2) is 0 Å². The predicted molar refractivity (Wildman–Crippen MR) is 105 cm³/mol. The van der Waals surface area contributed by atoms with Crippen LogP contribution < -0.4 is 0 Å². The van der Waals surface area contributed by atoms with Gasteiger partial charge in [-0.15, -0.1) is 0 Å². The molecule has 0 saturated carbocycles. The molecule has 1 aromatic heterocycles. The predicted octanol–water partition coefficient (Wildman–Crippen LogP) is 6.68. The van der Waals surface area contributed by atoms with Crippen molar-refractivity contribution in [1.29, 1.82) is 0 Å². The number of rotatable bonds is 2. The molecule has 0 saturated heterocycles. The van der Waals surface area contributed by atoms with E-state index in [0.29, 0.717) is 0 Å². The maximum Gasteiger partial charge on any atom is 0.135 e. The van der Waals surface area contributed by atoms with E-state index < -0.39 is 0 Å². The van der Waals surface area contributed by atoms with Gasteiger partial charge in [0.05, 0.1) is 0 Å². The number of hydrogen-bond acceptors (Lipinski definition) is 1. The van der Waals surface area contributed by atoms with Gasteiger partial charge in [0.2, 0.25) is 0 Å². The highest BCUT2D eigenvalue weighted by Gasteiger charge is 2.11. The molecule has 0 radical (unpaired) electrons. The average molecular weight is 410 g/mol. The fraction of sp³-hybridized carbons (Fsp3) is 0.0476. The maximum absolute atomic E-state index is 6.16. The number of halogens is 1. The zero-order valence-corrected chi connectivity index (χ0v) is 14.9. The molecule has 1 heterocycles. The van der Waals surface area contributed by atoms with Crippen molar-refractivity contribution in [1.82, 2.24) is 0 Å². The summed E-state index contributed by atoms with van der Waals surface area (Å²) in [6, 6.07) is 25.3. The van der Waals surface area contributed by atoms with Gasteiger partial charge in [-0.1, -0.05) is 60.2 Å². The second-order valence-electron chi connectivity index (χ2n) is 5.67. The normalized spacial score (nSPS) is 11.0. The van der Waals surface area contributed by atoms with Crippen LogP contribution in [-0.2, 0) is 0 Å². The molecule has 0 unspecified atom stereocenters. The lowest BCUT2D eigenvalue weighted by Gasteiger charge is -2.06. The van der Waals surface area contributed by atoms with Gasteiger partial charge in [-0.3, -0.25) is 0 Å². The van der Waals surface area contributed by atoms with Crippen LogP contribution in [0.15, 0.2) is 77.2 Å². The van der Waals surface area contributed by atoms with Gasteiger partial charge in [-0.2, -0.15) is 0 Å². The Bertz CT molecular complexity index is 975. The summed E-state index contributed by atoms with van der Waals surface area (Å²) in [4.78, 5) is 0. The molecule has 1 nitrogen and oxygen atoms in total. The Kier molecular flexibility index (Phi) is 3.69. The van der Waals surface area contributed by atoms with Crippen molar-refractivity contribution in [2.24, 2.45) is 0 Å². The second-order valence-corrected chi connectivity index (χ2v) is 6.84. The largest absolute Gasteiger partial charge is 0.456 e. The quantitative estimate of drug-likeness (QED) is 0.336. The number of furan rings is 1. The van der Waals surface area contributed by atoms with Crippen LogP contribution in [0.25, 0.3) is 33.4 Å². The summed E-state index contributed by atoms with van der Waals surface area (Å²) >= 11 is 2.39. The monoisotopic (exact) mass is 410 g/mol. The zero-order chi connectivity index (χ0) is 15.8. The van der Waals surface area contributed by atoms with Crippen LogP contribution in [0.4, 0.5) is 0 Å². The first-order valence-corrected chi connectivity index (χ1v) is 8.65. The number of fused-ring (bicyclic) bond motifs is 1. The Morgan fingerprint density at radius 2 is 1.43 bits per heavy atom. The Labute approximate surface area is 149 Å². The highest BCUT2D eigenvalue weighted by molar-refractivity contribution is 14.1. The lowest BCUT2D eigenvalue weighted by Crippen LogP contribution is -1.82. The SMILES string of the molecule is Cc1ccc(-c2ccc(-c3cccc4cccc(I)c34)o2)cc1. The van der Waals surface area contributed by atoms with Gasteiger partial charge >= 0.3 is 0 Å². The van der Waals surface area contributed by atoms with Crippen molar-refractivity contribution in [3.63, 3.8) is 0 Å².